The number of nitrogens with one attached hydrogen (secondary N) is 1. The van der Waals surface area contributed by atoms with Gasteiger partial charge in [-0.05, 0) is 35.9 Å². The molecule has 2 rings (SSSR count). The van der Waals surface area contributed by atoms with Crippen LogP contribution < -0.4 is 5.43 Å². The third kappa shape index (κ3) is 4.50. The van der Waals surface area contributed by atoms with E-state index >= 15 is 0 Å². The van der Waals surface area contributed by atoms with Gasteiger partial charge in [-0.15, -0.1) is 0 Å². The maximum Gasteiger partial charge on any atom is 0.244 e. The Labute approximate surface area is 126 Å². The Hall–Kier alpha value is -2.53. The number of aromatic hydroxyl groups is 2. The maximum atomic E-state index is 11.7. The lowest BCUT2D eigenvalue weighted by molar-refractivity contribution is -0.120. The molecule has 0 heterocycles. The molecule has 0 fully saturated rings. The summed E-state index contributed by atoms with van der Waals surface area (Å²) < 4.78 is 0. The number of nitrogens with zero attached hydrogens (tertiary/aromatic N) is 1. The lowest BCUT2D eigenvalue weighted by Crippen LogP contribution is -2.19. The van der Waals surface area contributed by atoms with E-state index < -0.39 is 0 Å². The van der Waals surface area contributed by atoms with Gasteiger partial charge in [0.15, 0.2) is 0 Å². The average molecular weight is 305 g/mol. The summed E-state index contributed by atoms with van der Waals surface area (Å²) >= 11 is 5.80. The topological polar surface area (TPSA) is 81.9 Å². The van der Waals surface area contributed by atoms with Crippen LogP contribution in [-0.2, 0) is 11.2 Å². The van der Waals surface area contributed by atoms with Gasteiger partial charge in [0.05, 0.1) is 12.6 Å². The molecular formula is C15H13ClN2O3. The third-order valence-electron chi connectivity index (χ3n) is 2.66. The van der Waals surface area contributed by atoms with Crippen molar-refractivity contribution in [3.63, 3.8) is 0 Å². The van der Waals surface area contributed by atoms with E-state index in [4.69, 9.17) is 11.6 Å². The largest absolute Gasteiger partial charge is 0.508 e. The molecule has 0 aromatic heterocycles. The van der Waals surface area contributed by atoms with Crippen molar-refractivity contribution in [1.82, 2.24) is 5.43 Å². The molecule has 0 bridgehead atoms. The Morgan fingerprint density at radius 1 is 1.24 bits per heavy atom. The number of carbonyl (C=O) groups is 1. The van der Waals surface area contributed by atoms with Crippen molar-refractivity contribution in [3.05, 3.63) is 58.6 Å². The molecule has 0 saturated carbocycles. The van der Waals surface area contributed by atoms with Gasteiger partial charge in [0.2, 0.25) is 5.91 Å². The van der Waals surface area contributed by atoms with Crippen LogP contribution in [0.5, 0.6) is 11.5 Å². The zero-order chi connectivity index (χ0) is 15.2. The summed E-state index contributed by atoms with van der Waals surface area (Å²) in [6.45, 7) is 0. The fourth-order valence-electron chi connectivity index (χ4n) is 1.69. The molecule has 0 radical (unpaired) electrons. The van der Waals surface area contributed by atoms with E-state index in [9.17, 15) is 15.0 Å². The smallest absolute Gasteiger partial charge is 0.244 e. The van der Waals surface area contributed by atoms with Gasteiger partial charge in [-0.2, -0.15) is 5.10 Å². The number of hydrogen-bond donors (Lipinski definition) is 3. The van der Waals surface area contributed by atoms with Crippen LogP contribution in [0.25, 0.3) is 0 Å². The SMILES string of the molecule is O=C(Cc1cccc(O)c1)NN=Cc1cc(Cl)ccc1O. The van der Waals surface area contributed by atoms with Crippen LogP contribution in [0.15, 0.2) is 47.6 Å². The van der Waals surface area contributed by atoms with Crippen molar-refractivity contribution >= 4 is 23.7 Å². The zero-order valence-corrected chi connectivity index (χ0v) is 11.7. The van der Waals surface area contributed by atoms with Crippen LogP contribution in [0.1, 0.15) is 11.1 Å². The lowest BCUT2D eigenvalue weighted by atomic mass is 10.1. The number of hydrazone groups is 1. The number of halogens is 1. The summed E-state index contributed by atoms with van der Waals surface area (Å²) in [7, 11) is 0. The van der Waals surface area contributed by atoms with Crippen LogP contribution in [0, 0.1) is 0 Å². The van der Waals surface area contributed by atoms with Crippen molar-refractivity contribution in [2.45, 2.75) is 6.42 Å². The van der Waals surface area contributed by atoms with Crippen molar-refractivity contribution in [3.8, 4) is 11.5 Å². The minimum Gasteiger partial charge on any atom is -0.508 e. The summed E-state index contributed by atoms with van der Waals surface area (Å²) in [5, 5.41) is 23.1. The second kappa shape index (κ2) is 6.76. The summed E-state index contributed by atoms with van der Waals surface area (Å²) in [5.74, 6) is -0.212. The second-order valence-corrected chi connectivity index (χ2v) is 4.78. The number of amides is 1. The van der Waals surface area contributed by atoms with E-state index in [1.807, 2.05) is 0 Å². The monoisotopic (exact) mass is 304 g/mol. The Morgan fingerprint density at radius 3 is 2.81 bits per heavy atom. The van der Waals surface area contributed by atoms with E-state index in [0.717, 1.165) is 0 Å². The van der Waals surface area contributed by atoms with Crippen LogP contribution in [0.2, 0.25) is 5.02 Å². The van der Waals surface area contributed by atoms with Gasteiger partial charge in [0, 0.05) is 10.6 Å². The molecule has 0 saturated heterocycles. The van der Waals surface area contributed by atoms with Crippen molar-refractivity contribution in [2.75, 3.05) is 0 Å². The number of hydrogen-bond acceptors (Lipinski definition) is 4. The number of phenols is 2. The molecule has 6 heteroatoms. The van der Waals surface area contributed by atoms with E-state index in [1.165, 1.54) is 30.5 Å². The summed E-state index contributed by atoms with van der Waals surface area (Å²) in [5.41, 5.74) is 3.42. The van der Waals surface area contributed by atoms with Gasteiger partial charge in [0.25, 0.3) is 0 Å². The molecule has 5 nitrogen and oxygen atoms in total. The molecule has 2 aromatic rings. The van der Waals surface area contributed by atoms with Crippen molar-refractivity contribution in [2.24, 2.45) is 5.10 Å². The van der Waals surface area contributed by atoms with E-state index in [1.54, 1.807) is 18.2 Å². The highest BCUT2D eigenvalue weighted by molar-refractivity contribution is 6.30. The molecule has 0 atom stereocenters. The third-order valence-corrected chi connectivity index (χ3v) is 2.89. The van der Waals surface area contributed by atoms with Gasteiger partial charge in [-0.25, -0.2) is 5.43 Å². The Kier molecular flexibility index (Phi) is 4.79. The Bertz CT molecular complexity index is 686. The molecule has 0 spiro atoms. The normalized spacial score (nSPS) is 10.7. The average Bonchev–Trinajstić information content (AvgIpc) is 2.42. The highest BCUT2D eigenvalue weighted by Crippen LogP contribution is 2.19. The number of benzene rings is 2. The minimum absolute atomic E-state index is 0.0189. The first-order valence-corrected chi connectivity index (χ1v) is 6.51. The first-order valence-electron chi connectivity index (χ1n) is 6.13. The number of carbonyl (C=O) groups excluding carboxylic acids is 1. The fourth-order valence-corrected chi connectivity index (χ4v) is 1.87. The quantitative estimate of drug-likeness (QED) is 0.599. The first-order chi connectivity index (χ1) is 10.0. The lowest BCUT2D eigenvalue weighted by Gasteiger charge is -2.02. The zero-order valence-electron chi connectivity index (χ0n) is 11.0. The summed E-state index contributed by atoms with van der Waals surface area (Å²) in [4.78, 5) is 11.7. The van der Waals surface area contributed by atoms with Crippen LogP contribution in [0.4, 0.5) is 0 Å². The van der Waals surface area contributed by atoms with Crippen molar-refractivity contribution in [1.29, 1.82) is 0 Å². The van der Waals surface area contributed by atoms with Crippen LogP contribution in [-0.4, -0.2) is 22.3 Å². The molecule has 0 aliphatic carbocycles. The van der Waals surface area contributed by atoms with Gasteiger partial charge in [-0.1, -0.05) is 23.7 Å². The van der Waals surface area contributed by atoms with E-state index in [2.05, 4.69) is 10.5 Å². The Morgan fingerprint density at radius 2 is 2.05 bits per heavy atom. The predicted octanol–water partition coefficient (Wildman–Crippen LogP) is 2.44. The second-order valence-electron chi connectivity index (χ2n) is 4.34. The molecular weight excluding hydrogens is 292 g/mol. The molecule has 0 unspecified atom stereocenters. The highest BCUT2D eigenvalue weighted by atomic mass is 35.5. The van der Waals surface area contributed by atoms with Crippen LogP contribution >= 0.6 is 11.6 Å². The van der Waals surface area contributed by atoms with Crippen LogP contribution in [0.3, 0.4) is 0 Å². The number of phenolic OH excluding ortho intramolecular Hbond substituents is 2. The van der Waals surface area contributed by atoms with E-state index in [0.29, 0.717) is 16.1 Å². The Balaban J connectivity index is 1.94. The molecule has 1 amide bonds. The fraction of sp³-hybridized carbons (Fsp3) is 0.0667. The molecule has 108 valence electrons. The summed E-state index contributed by atoms with van der Waals surface area (Å²) in [6.07, 6.45) is 1.40. The van der Waals surface area contributed by atoms with Gasteiger partial charge < -0.3 is 10.2 Å². The molecule has 2 aromatic carbocycles. The van der Waals surface area contributed by atoms with Gasteiger partial charge in [-0.3, -0.25) is 4.79 Å². The minimum atomic E-state index is -0.335. The van der Waals surface area contributed by atoms with E-state index in [-0.39, 0.29) is 23.8 Å². The van der Waals surface area contributed by atoms with Crippen molar-refractivity contribution < 1.29 is 15.0 Å². The number of rotatable bonds is 4. The highest BCUT2D eigenvalue weighted by Gasteiger charge is 2.03. The summed E-state index contributed by atoms with van der Waals surface area (Å²) in [6, 6.07) is 10.9. The van der Waals surface area contributed by atoms with Gasteiger partial charge in [0.1, 0.15) is 11.5 Å². The molecule has 0 aliphatic rings. The molecule has 3 N–H and O–H groups in total. The first kappa shape index (κ1) is 14.9. The van der Waals surface area contributed by atoms with Gasteiger partial charge >= 0.3 is 0 Å². The predicted molar refractivity (Wildman–Crippen MR) is 80.7 cm³/mol. The maximum absolute atomic E-state index is 11.7. The molecule has 0 aliphatic heterocycles. The standard InChI is InChI=1S/C15H13ClN2O3/c16-12-4-5-14(20)11(8-12)9-17-18-15(21)7-10-2-1-3-13(19)6-10/h1-6,8-9,19-20H,7H2,(H,18,21). The molecule has 21 heavy (non-hydrogen) atoms.